The quantitative estimate of drug-likeness (QED) is 0.780. The van der Waals surface area contributed by atoms with Gasteiger partial charge in [-0.3, -0.25) is 5.10 Å². The molecule has 1 fully saturated rings. The van der Waals surface area contributed by atoms with E-state index in [0.29, 0.717) is 5.92 Å². The number of aromatic nitrogens is 6. The number of imidazole rings is 1. The summed E-state index contributed by atoms with van der Waals surface area (Å²) in [5, 5.41) is 7.92. The van der Waals surface area contributed by atoms with E-state index in [1.165, 1.54) is 0 Å². The molecule has 0 spiro atoms. The first kappa shape index (κ1) is 12.3. The van der Waals surface area contributed by atoms with Crippen LogP contribution in [0.3, 0.4) is 0 Å². The van der Waals surface area contributed by atoms with E-state index in [2.05, 4.69) is 47.7 Å². The maximum absolute atomic E-state index is 4.40. The van der Waals surface area contributed by atoms with Crippen LogP contribution >= 0.6 is 0 Å². The summed E-state index contributed by atoms with van der Waals surface area (Å²) in [7, 11) is 0. The highest BCUT2D eigenvalue weighted by atomic mass is 15.3. The zero-order chi connectivity index (χ0) is 14.2. The van der Waals surface area contributed by atoms with Crippen LogP contribution in [0.5, 0.6) is 0 Å². The maximum Gasteiger partial charge on any atom is 0.160 e. The molecule has 0 aromatic carbocycles. The molecule has 0 unspecified atom stereocenters. The molecule has 0 radical (unpaired) electrons. The third kappa shape index (κ3) is 2.05. The van der Waals surface area contributed by atoms with E-state index in [-0.39, 0.29) is 0 Å². The molecule has 3 aromatic rings. The summed E-state index contributed by atoms with van der Waals surface area (Å²) < 4.78 is 2.26. The number of aryl methyl sites for hydroxylation is 1. The third-order valence-corrected chi connectivity index (χ3v) is 4.06. The van der Waals surface area contributed by atoms with Crippen molar-refractivity contribution in [2.24, 2.45) is 5.92 Å². The van der Waals surface area contributed by atoms with Crippen LogP contribution < -0.4 is 4.90 Å². The Morgan fingerprint density at radius 1 is 1.29 bits per heavy atom. The normalized spacial score (nSPS) is 15.6. The van der Waals surface area contributed by atoms with Crippen LogP contribution in [0.15, 0.2) is 24.9 Å². The van der Waals surface area contributed by atoms with Crippen molar-refractivity contribution in [1.29, 1.82) is 0 Å². The molecule has 0 atom stereocenters. The van der Waals surface area contributed by atoms with Gasteiger partial charge in [0.25, 0.3) is 0 Å². The molecule has 0 aliphatic carbocycles. The second-order valence-electron chi connectivity index (χ2n) is 5.45. The van der Waals surface area contributed by atoms with Crippen molar-refractivity contribution in [3.05, 3.63) is 30.7 Å². The number of nitrogens with zero attached hydrogens (tertiary/aromatic N) is 6. The Morgan fingerprint density at radius 2 is 2.19 bits per heavy atom. The maximum atomic E-state index is 4.40. The zero-order valence-corrected chi connectivity index (χ0v) is 11.9. The molecule has 0 amide bonds. The van der Waals surface area contributed by atoms with Crippen molar-refractivity contribution in [3.63, 3.8) is 0 Å². The molecule has 0 bridgehead atoms. The highest BCUT2D eigenvalue weighted by Crippen LogP contribution is 2.28. The first-order chi connectivity index (χ1) is 10.3. The summed E-state index contributed by atoms with van der Waals surface area (Å²) in [5.41, 5.74) is 0.798. The van der Waals surface area contributed by atoms with E-state index in [9.17, 15) is 0 Å². The third-order valence-electron chi connectivity index (χ3n) is 4.06. The predicted octanol–water partition coefficient (Wildman–Crippen LogP) is 1.25. The Hall–Kier alpha value is -2.44. The van der Waals surface area contributed by atoms with E-state index in [1.54, 1.807) is 12.5 Å². The van der Waals surface area contributed by atoms with Gasteiger partial charge in [-0.25, -0.2) is 15.0 Å². The van der Waals surface area contributed by atoms with Crippen molar-refractivity contribution >= 4 is 16.9 Å². The van der Waals surface area contributed by atoms with Crippen LogP contribution in [0.25, 0.3) is 11.0 Å². The molecule has 4 rings (SSSR count). The molecule has 0 saturated carbocycles. The SMILES string of the molecule is CCc1nccn1CC1CN(c2ncnc3[nH]ncc23)C1. The molecule has 21 heavy (non-hydrogen) atoms. The fourth-order valence-corrected chi connectivity index (χ4v) is 2.96. The van der Waals surface area contributed by atoms with Gasteiger partial charge < -0.3 is 9.47 Å². The lowest BCUT2D eigenvalue weighted by Gasteiger charge is -2.40. The lowest BCUT2D eigenvalue weighted by Crippen LogP contribution is -2.49. The summed E-state index contributed by atoms with van der Waals surface area (Å²) in [4.78, 5) is 15.2. The van der Waals surface area contributed by atoms with Gasteiger partial charge >= 0.3 is 0 Å². The monoisotopic (exact) mass is 283 g/mol. The Bertz CT molecular complexity index is 753. The van der Waals surface area contributed by atoms with Crippen molar-refractivity contribution in [3.8, 4) is 0 Å². The van der Waals surface area contributed by atoms with Gasteiger partial charge in [0.05, 0.1) is 11.6 Å². The zero-order valence-electron chi connectivity index (χ0n) is 11.9. The highest BCUT2D eigenvalue weighted by Gasteiger charge is 2.29. The van der Waals surface area contributed by atoms with Crippen LogP contribution in [0.2, 0.25) is 0 Å². The number of fused-ring (bicyclic) bond motifs is 1. The predicted molar refractivity (Wildman–Crippen MR) is 79.0 cm³/mol. The molecule has 3 aromatic heterocycles. The summed E-state index contributed by atoms with van der Waals surface area (Å²) in [6.45, 7) is 5.19. The number of hydrogen-bond donors (Lipinski definition) is 1. The van der Waals surface area contributed by atoms with Gasteiger partial charge in [-0.15, -0.1) is 0 Å². The van der Waals surface area contributed by atoms with Crippen LogP contribution in [0, 0.1) is 5.92 Å². The average Bonchev–Trinajstić information content (AvgIpc) is 3.10. The van der Waals surface area contributed by atoms with E-state index < -0.39 is 0 Å². The molecule has 108 valence electrons. The van der Waals surface area contributed by atoms with Crippen LogP contribution in [0.4, 0.5) is 5.82 Å². The number of hydrogen-bond acceptors (Lipinski definition) is 5. The fourth-order valence-electron chi connectivity index (χ4n) is 2.96. The number of aromatic amines is 1. The number of nitrogens with one attached hydrogen (secondary N) is 1. The molecule has 7 nitrogen and oxygen atoms in total. The molecule has 1 aliphatic heterocycles. The standard InChI is InChI=1S/C14H17N7/c1-2-12-15-3-4-20(12)6-10-7-21(8-10)14-11-5-18-19-13(11)16-9-17-14/h3-5,9-10H,2,6-8H2,1H3,(H,16,17,18,19). The number of rotatable bonds is 4. The van der Waals surface area contributed by atoms with Gasteiger partial charge in [0, 0.05) is 44.4 Å². The molecule has 7 heteroatoms. The minimum atomic E-state index is 0.640. The summed E-state index contributed by atoms with van der Waals surface area (Å²) in [6.07, 6.45) is 8.32. The molecule has 1 N–H and O–H groups in total. The van der Waals surface area contributed by atoms with Crippen molar-refractivity contribution in [1.82, 2.24) is 29.7 Å². The highest BCUT2D eigenvalue weighted by molar-refractivity contribution is 5.86. The fraction of sp³-hybridized carbons (Fsp3) is 0.429. The average molecular weight is 283 g/mol. The van der Waals surface area contributed by atoms with Crippen LogP contribution in [0.1, 0.15) is 12.7 Å². The lowest BCUT2D eigenvalue weighted by molar-refractivity contribution is 0.351. The Morgan fingerprint density at radius 3 is 3.05 bits per heavy atom. The van der Waals surface area contributed by atoms with E-state index in [0.717, 1.165) is 48.7 Å². The van der Waals surface area contributed by atoms with Crippen molar-refractivity contribution in [2.45, 2.75) is 19.9 Å². The Labute approximate surface area is 122 Å². The van der Waals surface area contributed by atoms with Gasteiger partial charge in [0.1, 0.15) is 18.0 Å². The summed E-state index contributed by atoms with van der Waals surface area (Å²) in [5.74, 6) is 2.78. The second kappa shape index (κ2) is 4.83. The van der Waals surface area contributed by atoms with Crippen molar-refractivity contribution in [2.75, 3.05) is 18.0 Å². The van der Waals surface area contributed by atoms with Crippen LogP contribution in [-0.4, -0.2) is 42.8 Å². The summed E-state index contributed by atoms with van der Waals surface area (Å²) in [6, 6.07) is 0. The molecule has 1 aliphatic rings. The Kier molecular flexibility index (Phi) is 2.83. The van der Waals surface area contributed by atoms with Gasteiger partial charge in [0.2, 0.25) is 0 Å². The first-order valence-corrected chi connectivity index (χ1v) is 7.24. The van der Waals surface area contributed by atoms with Crippen molar-refractivity contribution < 1.29 is 0 Å². The van der Waals surface area contributed by atoms with E-state index in [1.807, 2.05) is 6.20 Å². The van der Waals surface area contributed by atoms with E-state index >= 15 is 0 Å². The van der Waals surface area contributed by atoms with Gasteiger partial charge in [-0.1, -0.05) is 6.92 Å². The smallest absolute Gasteiger partial charge is 0.160 e. The lowest BCUT2D eigenvalue weighted by atomic mass is 9.99. The Balaban J connectivity index is 1.46. The van der Waals surface area contributed by atoms with Gasteiger partial charge in [0.15, 0.2) is 5.65 Å². The van der Waals surface area contributed by atoms with Gasteiger partial charge in [-0.2, -0.15) is 5.10 Å². The largest absolute Gasteiger partial charge is 0.355 e. The van der Waals surface area contributed by atoms with Gasteiger partial charge in [-0.05, 0) is 0 Å². The topological polar surface area (TPSA) is 75.5 Å². The number of H-pyrrole nitrogens is 1. The minimum Gasteiger partial charge on any atom is -0.355 e. The van der Waals surface area contributed by atoms with E-state index in [4.69, 9.17) is 0 Å². The van der Waals surface area contributed by atoms with Crippen LogP contribution in [-0.2, 0) is 13.0 Å². The first-order valence-electron chi connectivity index (χ1n) is 7.24. The minimum absolute atomic E-state index is 0.640. The second-order valence-corrected chi connectivity index (χ2v) is 5.45. The number of anilines is 1. The summed E-state index contributed by atoms with van der Waals surface area (Å²) >= 11 is 0. The molecule has 4 heterocycles. The molecular weight excluding hydrogens is 266 g/mol. The molecule has 1 saturated heterocycles. The molecular formula is C14H17N7.